The standard InChI is InChI=1S/C21H10Cl3F3N2O2S/c22-11-2-5-16(13(8-11)21(25,26)27)28-20-29-19(30)18(32-20)9-12-3-6-17(31-12)10-1-4-14(23)15(24)7-10/h1-9H,(H,28,29,30). The number of halogens is 6. The van der Waals surface area contributed by atoms with E-state index >= 15 is 0 Å². The van der Waals surface area contributed by atoms with Gasteiger partial charge in [0.15, 0.2) is 5.17 Å². The molecule has 1 N–H and O–H groups in total. The summed E-state index contributed by atoms with van der Waals surface area (Å²) in [5.41, 5.74) is -0.662. The monoisotopic (exact) mass is 516 g/mol. The van der Waals surface area contributed by atoms with Crippen LogP contribution in [0, 0.1) is 0 Å². The van der Waals surface area contributed by atoms with Gasteiger partial charge in [-0.1, -0.05) is 34.8 Å². The molecule has 2 heterocycles. The molecule has 4 rings (SSSR count). The van der Waals surface area contributed by atoms with Crippen LogP contribution >= 0.6 is 46.6 Å². The van der Waals surface area contributed by atoms with Crippen molar-refractivity contribution < 1.29 is 22.4 Å². The Morgan fingerprint density at radius 2 is 1.78 bits per heavy atom. The van der Waals surface area contributed by atoms with E-state index in [0.29, 0.717) is 27.1 Å². The smallest absolute Gasteiger partial charge is 0.418 e. The predicted molar refractivity (Wildman–Crippen MR) is 121 cm³/mol. The lowest BCUT2D eigenvalue weighted by Crippen LogP contribution is -2.19. The van der Waals surface area contributed by atoms with Crippen LogP contribution < -0.4 is 5.32 Å². The van der Waals surface area contributed by atoms with E-state index in [-0.39, 0.29) is 20.8 Å². The van der Waals surface area contributed by atoms with E-state index in [1.165, 1.54) is 12.1 Å². The Morgan fingerprint density at radius 1 is 1.00 bits per heavy atom. The summed E-state index contributed by atoms with van der Waals surface area (Å²) in [7, 11) is 0. The lowest BCUT2D eigenvalue weighted by atomic mass is 10.2. The number of aliphatic imine (C=N–C) groups is 1. The fourth-order valence-electron chi connectivity index (χ4n) is 2.79. The minimum Gasteiger partial charge on any atom is -0.457 e. The average Bonchev–Trinajstić information content (AvgIpc) is 3.31. The van der Waals surface area contributed by atoms with Gasteiger partial charge < -0.3 is 9.73 Å². The van der Waals surface area contributed by atoms with Gasteiger partial charge in [0.2, 0.25) is 0 Å². The molecule has 0 unspecified atom stereocenters. The zero-order chi connectivity index (χ0) is 23.0. The number of nitrogens with one attached hydrogen (secondary N) is 1. The van der Waals surface area contributed by atoms with Gasteiger partial charge in [-0.15, -0.1) is 0 Å². The van der Waals surface area contributed by atoms with Crippen molar-refractivity contribution in [3.8, 4) is 11.3 Å². The Kier molecular flexibility index (Phi) is 6.31. The van der Waals surface area contributed by atoms with Crippen molar-refractivity contribution in [2.75, 3.05) is 0 Å². The molecule has 32 heavy (non-hydrogen) atoms. The maximum absolute atomic E-state index is 13.3. The van der Waals surface area contributed by atoms with Crippen molar-refractivity contribution in [2.24, 2.45) is 4.99 Å². The van der Waals surface area contributed by atoms with Gasteiger partial charge in [0.1, 0.15) is 11.5 Å². The number of furan rings is 1. The molecule has 1 fully saturated rings. The highest BCUT2D eigenvalue weighted by atomic mass is 35.5. The third-order valence-corrected chi connectivity index (χ3v) is 6.13. The first-order valence-corrected chi connectivity index (χ1v) is 10.8. The number of rotatable bonds is 3. The highest BCUT2D eigenvalue weighted by molar-refractivity contribution is 8.18. The summed E-state index contributed by atoms with van der Waals surface area (Å²) >= 11 is 18.5. The van der Waals surface area contributed by atoms with Crippen LogP contribution in [0.2, 0.25) is 15.1 Å². The molecule has 0 radical (unpaired) electrons. The first-order valence-electron chi connectivity index (χ1n) is 8.82. The number of thioether (sulfide) groups is 1. The Labute approximate surface area is 199 Å². The van der Waals surface area contributed by atoms with Crippen molar-refractivity contribution in [3.63, 3.8) is 0 Å². The molecular weight excluding hydrogens is 508 g/mol. The van der Waals surface area contributed by atoms with Crippen LogP contribution in [0.1, 0.15) is 11.3 Å². The van der Waals surface area contributed by atoms with E-state index in [1.54, 1.807) is 30.3 Å². The van der Waals surface area contributed by atoms with Crippen LogP contribution in [0.3, 0.4) is 0 Å². The van der Waals surface area contributed by atoms with Crippen LogP contribution in [0.5, 0.6) is 0 Å². The lowest BCUT2D eigenvalue weighted by Gasteiger charge is -2.10. The van der Waals surface area contributed by atoms with Crippen molar-refractivity contribution in [3.05, 3.63) is 79.8 Å². The van der Waals surface area contributed by atoms with Crippen molar-refractivity contribution >= 4 is 69.4 Å². The van der Waals surface area contributed by atoms with E-state index in [2.05, 4.69) is 10.3 Å². The van der Waals surface area contributed by atoms with Crippen LogP contribution in [0.4, 0.5) is 18.9 Å². The van der Waals surface area contributed by atoms with Crippen LogP contribution in [-0.4, -0.2) is 11.1 Å². The maximum atomic E-state index is 13.3. The molecule has 1 amide bonds. The fraction of sp³-hybridized carbons (Fsp3) is 0.0476. The van der Waals surface area contributed by atoms with E-state index in [1.807, 2.05) is 0 Å². The van der Waals surface area contributed by atoms with Crippen LogP contribution in [0.15, 0.2) is 62.8 Å². The Balaban J connectivity index is 1.59. The predicted octanol–water partition coefficient (Wildman–Crippen LogP) is 7.82. The topological polar surface area (TPSA) is 54.6 Å². The molecule has 1 aliphatic heterocycles. The molecular formula is C21H10Cl3F3N2O2S. The molecule has 11 heteroatoms. The zero-order valence-electron chi connectivity index (χ0n) is 15.6. The number of hydrogen-bond donors (Lipinski definition) is 1. The molecule has 1 saturated heterocycles. The Bertz CT molecular complexity index is 1290. The minimum atomic E-state index is -4.65. The molecule has 0 atom stereocenters. The number of carbonyl (C=O) groups is 1. The molecule has 1 aromatic heterocycles. The number of hydrogen-bond acceptors (Lipinski definition) is 4. The van der Waals surface area contributed by atoms with Gasteiger partial charge in [0, 0.05) is 16.7 Å². The average molecular weight is 518 g/mol. The Hall–Kier alpha value is -2.39. The van der Waals surface area contributed by atoms with Gasteiger partial charge >= 0.3 is 6.18 Å². The molecule has 3 aromatic rings. The molecule has 1 aliphatic rings. The second kappa shape index (κ2) is 8.86. The van der Waals surface area contributed by atoms with E-state index in [0.717, 1.165) is 23.9 Å². The van der Waals surface area contributed by atoms with E-state index in [9.17, 15) is 18.0 Å². The van der Waals surface area contributed by atoms with E-state index in [4.69, 9.17) is 39.2 Å². The van der Waals surface area contributed by atoms with Gasteiger partial charge in [-0.05, 0) is 60.3 Å². The normalized spacial score (nSPS) is 16.8. The summed E-state index contributed by atoms with van der Waals surface area (Å²) in [4.78, 5) is 16.4. The van der Waals surface area contributed by atoms with Crippen molar-refractivity contribution in [2.45, 2.75) is 6.18 Å². The number of amidine groups is 1. The maximum Gasteiger partial charge on any atom is 0.418 e. The largest absolute Gasteiger partial charge is 0.457 e. The second-order valence-corrected chi connectivity index (χ2v) is 8.75. The summed E-state index contributed by atoms with van der Waals surface area (Å²) in [5.74, 6) is 0.361. The van der Waals surface area contributed by atoms with Gasteiger partial charge in [-0.3, -0.25) is 4.79 Å². The molecule has 0 spiro atoms. The number of nitrogens with zero attached hydrogens (tertiary/aromatic N) is 1. The molecule has 164 valence electrons. The van der Waals surface area contributed by atoms with Gasteiger partial charge in [-0.25, -0.2) is 4.99 Å². The molecule has 4 nitrogen and oxygen atoms in total. The van der Waals surface area contributed by atoms with E-state index < -0.39 is 17.6 Å². The summed E-state index contributed by atoms with van der Waals surface area (Å²) in [6.45, 7) is 0. The van der Waals surface area contributed by atoms with Gasteiger partial charge in [-0.2, -0.15) is 13.2 Å². The third kappa shape index (κ3) is 4.99. The van der Waals surface area contributed by atoms with Crippen molar-refractivity contribution in [1.82, 2.24) is 5.32 Å². The summed E-state index contributed by atoms with van der Waals surface area (Å²) < 4.78 is 45.5. The third-order valence-electron chi connectivity index (χ3n) is 4.24. The SMILES string of the molecule is O=C1NC(=Nc2ccc(Cl)cc2C(F)(F)F)SC1=Cc1ccc(-c2ccc(Cl)c(Cl)c2)o1. The number of amides is 1. The van der Waals surface area contributed by atoms with Gasteiger partial charge in [0.25, 0.3) is 5.91 Å². The summed E-state index contributed by atoms with van der Waals surface area (Å²) in [6.07, 6.45) is -3.18. The molecule has 0 saturated carbocycles. The number of carbonyl (C=O) groups excluding carboxylic acids is 1. The lowest BCUT2D eigenvalue weighted by molar-refractivity contribution is -0.137. The van der Waals surface area contributed by atoms with Crippen LogP contribution in [0.25, 0.3) is 17.4 Å². The molecule has 0 bridgehead atoms. The molecule has 2 aromatic carbocycles. The second-order valence-electron chi connectivity index (χ2n) is 6.47. The summed E-state index contributed by atoms with van der Waals surface area (Å²) in [6, 6.07) is 11.6. The number of benzene rings is 2. The van der Waals surface area contributed by atoms with Gasteiger partial charge in [0.05, 0.1) is 26.2 Å². The van der Waals surface area contributed by atoms with Crippen molar-refractivity contribution in [1.29, 1.82) is 0 Å². The zero-order valence-corrected chi connectivity index (χ0v) is 18.7. The van der Waals surface area contributed by atoms with Crippen LogP contribution in [-0.2, 0) is 11.0 Å². The first-order chi connectivity index (χ1) is 15.1. The quantitative estimate of drug-likeness (QED) is 0.360. The Morgan fingerprint density at radius 3 is 2.50 bits per heavy atom. The fourth-order valence-corrected chi connectivity index (χ4v) is 4.07. The highest BCUT2D eigenvalue weighted by Crippen LogP contribution is 2.39. The number of alkyl halides is 3. The minimum absolute atomic E-state index is 0.00494. The summed E-state index contributed by atoms with van der Waals surface area (Å²) in [5, 5.41) is 3.16. The highest BCUT2D eigenvalue weighted by Gasteiger charge is 2.34. The molecule has 0 aliphatic carbocycles. The first kappa shape index (κ1) is 22.8.